The zero-order valence-corrected chi connectivity index (χ0v) is 81.9. The molecule has 4 saturated carbocycles. The molecule has 6 heteroatoms. The summed E-state index contributed by atoms with van der Waals surface area (Å²) in [6.45, 7) is 90.3. The summed E-state index contributed by atoms with van der Waals surface area (Å²) in [5.74, 6) is 0. The Hall–Kier alpha value is 0.760. The summed E-state index contributed by atoms with van der Waals surface area (Å²) >= 11 is 0. The molecule has 1 aromatic rings. The fraction of sp³-hybridized carbons (Fsp3) is 0.857. The molecule has 0 N–H and O–H groups in total. The standard InChI is InChI=1S/C20H31P.C19H35P.C17H31P.C15H29P.C14H27P.C13H25P/c1-18(2,3)21-19(4,5)14-17(15-20(21,6)7)13-16-11-9-8-10-12-16;1-17(2,3)20-18(11-6-4-7-12-18)15-10-16-19(20)13-8-5-9-14-19;1-15(2,3)18-16(9-4-5-10-16)13-8-14-17(18)11-6-7-12-17;1-9-12-10-14(5,6)16(13(2,3)4)15(7,8)11-12;1-11-9-13(5,6)15(12(2,3)4)14(7,8)10-11;1-11(2,3)14-12(4,5)9-8-10-13(14,6)7/h8-13H,14-15H2,1-7H3;4-16H2,1-3H3;4-14H2,1-3H3;9H,10-11H2,1-8H3;1,9-10H2,2-8H3;8-9H,10H2,1-7H3. The summed E-state index contributed by atoms with van der Waals surface area (Å²) in [6.07, 6.45) is 55.7. The van der Waals surface area contributed by atoms with Crippen LogP contribution in [0, 0.1) is 0 Å². The Balaban J connectivity index is 0.000000197. The van der Waals surface area contributed by atoms with Crippen molar-refractivity contribution in [3.63, 3.8) is 0 Å². The van der Waals surface area contributed by atoms with E-state index >= 15 is 0 Å². The van der Waals surface area contributed by atoms with Crippen LogP contribution in [-0.4, -0.2) is 92.8 Å². The molecule has 104 heavy (non-hydrogen) atoms. The van der Waals surface area contributed by atoms with Crippen molar-refractivity contribution in [1.29, 1.82) is 0 Å². The van der Waals surface area contributed by atoms with Crippen LogP contribution in [0.15, 0.2) is 71.9 Å². The van der Waals surface area contributed by atoms with Crippen molar-refractivity contribution in [2.75, 3.05) is 0 Å². The minimum absolute atomic E-state index is 0.0132. The van der Waals surface area contributed by atoms with Crippen LogP contribution >= 0.6 is 47.5 Å². The number of rotatable bonds is 1. The third-order valence-corrected chi connectivity index (χ3v) is 52.1. The largest absolute Gasteiger partial charge is 0.0998 e. The predicted octanol–water partition coefficient (Wildman–Crippen LogP) is 35.2. The lowest BCUT2D eigenvalue weighted by atomic mass is 9.79. The molecule has 6 heterocycles. The molecule has 0 amide bonds. The average Bonchev–Trinajstić information content (AvgIpc) is 1.61. The number of hydrogen-bond donors (Lipinski definition) is 0. The van der Waals surface area contributed by atoms with E-state index in [1.165, 1.54) is 120 Å². The summed E-state index contributed by atoms with van der Waals surface area (Å²) in [6, 6.07) is 10.8. The van der Waals surface area contributed by atoms with E-state index < -0.39 is 0 Å². The van der Waals surface area contributed by atoms with Gasteiger partial charge >= 0.3 is 0 Å². The monoisotopic (exact) mass is 1540 g/mol. The summed E-state index contributed by atoms with van der Waals surface area (Å²) in [7, 11) is 0.412. The van der Waals surface area contributed by atoms with Crippen LogP contribution < -0.4 is 0 Å². The maximum atomic E-state index is 4.23. The van der Waals surface area contributed by atoms with Gasteiger partial charge in [0.2, 0.25) is 0 Å². The third-order valence-electron chi connectivity index (χ3n) is 26.7. The minimum atomic E-state index is -0.0414. The van der Waals surface area contributed by atoms with Crippen molar-refractivity contribution in [3.8, 4) is 0 Å². The lowest BCUT2D eigenvalue weighted by molar-refractivity contribution is 0.277. The Bertz CT molecular complexity index is 2850. The number of hydrogen-bond acceptors (Lipinski definition) is 0. The van der Waals surface area contributed by atoms with Crippen LogP contribution in [0.3, 0.4) is 0 Å². The molecule has 1 aromatic carbocycles. The first-order valence-electron chi connectivity index (χ1n) is 43.6. The highest BCUT2D eigenvalue weighted by Crippen LogP contribution is 2.82. The third kappa shape index (κ3) is 23.1. The summed E-state index contributed by atoms with van der Waals surface area (Å²) < 4.78 is 0. The van der Waals surface area contributed by atoms with Crippen LogP contribution in [0.2, 0.25) is 0 Å². The highest BCUT2D eigenvalue weighted by Gasteiger charge is 2.60. The first kappa shape index (κ1) is 93.6. The first-order valence-corrected chi connectivity index (χ1v) is 51.7. The van der Waals surface area contributed by atoms with Gasteiger partial charge in [-0.1, -0.05) is 438 Å². The van der Waals surface area contributed by atoms with E-state index in [1.54, 1.807) is 101 Å². The van der Waals surface area contributed by atoms with Crippen LogP contribution in [0.4, 0.5) is 0 Å². The van der Waals surface area contributed by atoms with Crippen LogP contribution in [0.1, 0.15) is 447 Å². The summed E-state index contributed by atoms with van der Waals surface area (Å²) in [5, 5.41) is 9.74. The topological polar surface area (TPSA) is 0 Å². The van der Waals surface area contributed by atoms with Gasteiger partial charge in [-0.2, -0.15) is 0 Å². The van der Waals surface area contributed by atoms with Crippen LogP contribution in [0.5, 0.6) is 0 Å². The predicted molar refractivity (Wildman–Crippen MR) is 493 cm³/mol. The first-order chi connectivity index (χ1) is 47.0. The molecule has 1 unspecified atom stereocenters. The van der Waals surface area contributed by atoms with Gasteiger partial charge in [0.05, 0.1) is 0 Å². The molecular formula is C98H178P6. The molecular weight excluding hydrogens is 1360 g/mol. The van der Waals surface area contributed by atoms with E-state index in [-0.39, 0.29) is 47.5 Å². The van der Waals surface area contributed by atoms with Gasteiger partial charge in [0.15, 0.2) is 0 Å². The van der Waals surface area contributed by atoms with Crippen molar-refractivity contribution in [2.24, 2.45) is 0 Å². The van der Waals surface area contributed by atoms with Gasteiger partial charge in [-0.15, -0.1) is 0 Å². The van der Waals surface area contributed by atoms with E-state index in [0.29, 0.717) is 72.2 Å². The second-order valence-electron chi connectivity index (χ2n) is 47.1. The molecule has 0 bridgehead atoms. The lowest BCUT2D eigenvalue weighted by Crippen LogP contribution is -2.49. The Morgan fingerprint density at radius 3 is 0.798 bits per heavy atom. The highest BCUT2D eigenvalue weighted by molar-refractivity contribution is 7.64. The number of benzene rings is 1. The molecule has 4 aliphatic carbocycles. The second-order valence-corrected chi connectivity index (χ2v) is 72.6. The molecule has 0 aromatic heterocycles. The smallest absolute Gasteiger partial charge is 0.00368 e. The molecule has 5 saturated heterocycles. The molecule has 1 atom stereocenters. The molecule has 0 radical (unpaired) electrons. The second kappa shape index (κ2) is 34.3. The van der Waals surface area contributed by atoms with E-state index in [2.05, 4.69) is 304 Å². The zero-order chi connectivity index (χ0) is 79.1. The maximum absolute atomic E-state index is 4.23. The van der Waals surface area contributed by atoms with Gasteiger partial charge in [-0.05, 0) is 222 Å². The van der Waals surface area contributed by atoms with Crippen LogP contribution in [0.25, 0.3) is 6.08 Å². The molecule has 10 aliphatic rings. The van der Waals surface area contributed by atoms with Gasteiger partial charge in [-0.3, -0.25) is 0 Å². The van der Waals surface area contributed by atoms with Gasteiger partial charge in [-0.25, -0.2) is 0 Å². The van der Waals surface area contributed by atoms with Gasteiger partial charge in [0.25, 0.3) is 0 Å². The Morgan fingerprint density at radius 2 is 0.548 bits per heavy atom. The molecule has 9 fully saturated rings. The zero-order valence-electron chi connectivity index (χ0n) is 76.5. The number of allylic oxidation sites excluding steroid dienone is 6. The van der Waals surface area contributed by atoms with Crippen molar-refractivity contribution in [1.82, 2.24) is 0 Å². The quantitative estimate of drug-likeness (QED) is 0.194. The summed E-state index contributed by atoms with van der Waals surface area (Å²) in [5.41, 5.74) is 6.09. The maximum Gasteiger partial charge on any atom is 0.00368 e. The van der Waals surface area contributed by atoms with E-state index in [1.807, 2.05) is 0 Å². The average molecular weight is 1540 g/mol. The normalized spacial score (nSPS) is 28.8. The van der Waals surface area contributed by atoms with Gasteiger partial charge < -0.3 is 0 Å². The Kier molecular flexibility index (Phi) is 30.9. The van der Waals surface area contributed by atoms with Gasteiger partial charge in [0.1, 0.15) is 0 Å². The molecule has 11 rings (SSSR count). The van der Waals surface area contributed by atoms with Crippen molar-refractivity contribution in [3.05, 3.63) is 77.4 Å². The van der Waals surface area contributed by atoms with Gasteiger partial charge in [0, 0.05) is 5.16 Å². The molecule has 0 nitrogen and oxygen atoms in total. The van der Waals surface area contributed by atoms with Crippen LogP contribution in [-0.2, 0) is 0 Å². The SMILES string of the molecule is C=C1CC(C)(C)P(C(C)(C)C)C(C)(C)C1.CC(C)(C)P1C(C)(C)C=CCC1(C)C.CC(C)(C)P1C(C)(C)CC(=Cc2ccccc2)CC1(C)C.CC(C)(C)P1C2(CCCC2)CCCC12CCCC2.CC(C)(C)P1C2(CCCCC2)CCCC12CCCCC2.CC=C1CC(C)(C)P(C(C)(C)C)C(C)(C)C1. The fourth-order valence-corrected chi connectivity index (χ4v) is 64.6. The minimum Gasteiger partial charge on any atom is -0.0998 e. The fourth-order valence-electron chi connectivity index (χ4n) is 28.6. The van der Waals surface area contributed by atoms with E-state index in [4.69, 9.17) is 0 Å². The highest BCUT2D eigenvalue weighted by atomic mass is 31.1. The summed E-state index contributed by atoms with van der Waals surface area (Å²) in [4.78, 5) is 0. The van der Waals surface area contributed by atoms with Crippen molar-refractivity contribution in [2.45, 2.75) is 534 Å². The van der Waals surface area contributed by atoms with E-state index in [9.17, 15) is 0 Å². The lowest BCUT2D eigenvalue weighted by Gasteiger charge is -2.63. The van der Waals surface area contributed by atoms with E-state index in [0.717, 1.165) is 20.6 Å². The van der Waals surface area contributed by atoms with Crippen molar-refractivity contribution >= 4 is 53.6 Å². The van der Waals surface area contributed by atoms with Crippen molar-refractivity contribution < 1.29 is 0 Å². The molecule has 6 aliphatic heterocycles. The Morgan fingerprint density at radius 1 is 0.298 bits per heavy atom. The Labute approximate surface area is 660 Å². The molecule has 4 spiro atoms. The molecule has 600 valence electrons.